The molecular formula is C23H23N5O2. The lowest BCUT2D eigenvalue weighted by atomic mass is 10.1. The smallest absolute Gasteiger partial charge is 0.320 e. The van der Waals surface area contributed by atoms with Gasteiger partial charge in [-0.05, 0) is 49.9 Å². The van der Waals surface area contributed by atoms with E-state index in [1.807, 2.05) is 31.2 Å². The summed E-state index contributed by atoms with van der Waals surface area (Å²) in [5, 5.41) is 5.74. The molecule has 0 saturated heterocycles. The molecule has 152 valence electrons. The Kier molecular flexibility index (Phi) is 5.98. The number of furan rings is 1. The number of pyridine rings is 1. The highest BCUT2D eigenvalue weighted by molar-refractivity contribution is 5.89. The van der Waals surface area contributed by atoms with Gasteiger partial charge in [-0.25, -0.2) is 14.8 Å². The quantitative estimate of drug-likeness (QED) is 0.463. The van der Waals surface area contributed by atoms with Gasteiger partial charge in [-0.3, -0.25) is 10.3 Å². The molecule has 0 fully saturated rings. The summed E-state index contributed by atoms with van der Waals surface area (Å²) in [5.41, 5.74) is 3.92. The van der Waals surface area contributed by atoms with E-state index < -0.39 is 0 Å². The predicted octanol–water partition coefficient (Wildman–Crippen LogP) is 4.82. The van der Waals surface area contributed by atoms with Crippen molar-refractivity contribution in [1.82, 2.24) is 20.3 Å². The number of urea groups is 1. The molecule has 0 spiro atoms. The summed E-state index contributed by atoms with van der Waals surface area (Å²) in [5.74, 6) is 0.426. The molecular weight excluding hydrogens is 378 g/mol. The topological polar surface area (TPSA) is 92.9 Å². The molecule has 0 radical (unpaired) electrons. The normalized spacial score (nSPS) is 11.9. The van der Waals surface area contributed by atoms with Gasteiger partial charge in [0.15, 0.2) is 5.65 Å². The summed E-state index contributed by atoms with van der Waals surface area (Å²) in [6, 6.07) is 15.4. The van der Waals surface area contributed by atoms with E-state index in [4.69, 9.17) is 4.42 Å². The first kappa shape index (κ1) is 19.6. The van der Waals surface area contributed by atoms with Crippen LogP contribution in [0, 0.1) is 0 Å². The molecule has 0 aliphatic heterocycles. The molecule has 4 rings (SSSR count). The summed E-state index contributed by atoms with van der Waals surface area (Å²) in [4.78, 5) is 25.6. The monoisotopic (exact) mass is 401 g/mol. The summed E-state index contributed by atoms with van der Waals surface area (Å²) in [6.07, 6.45) is 7.76. The van der Waals surface area contributed by atoms with Gasteiger partial charge >= 0.3 is 6.03 Å². The lowest BCUT2D eigenvalue weighted by Gasteiger charge is -2.14. The van der Waals surface area contributed by atoms with Crippen molar-refractivity contribution in [1.29, 1.82) is 0 Å². The molecule has 30 heavy (non-hydrogen) atoms. The lowest BCUT2D eigenvalue weighted by Crippen LogP contribution is -2.36. The Morgan fingerprint density at radius 1 is 1.10 bits per heavy atom. The van der Waals surface area contributed by atoms with Crippen molar-refractivity contribution in [2.45, 2.75) is 32.2 Å². The van der Waals surface area contributed by atoms with Gasteiger partial charge in [-0.2, -0.15) is 0 Å². The number of hydrogen-bond donors (Lipinski definition) is 2. The van der Waals surface area contributed by atoms with Crippen LogP contribution in [0.3, 0.4) is 0 Å². The van der Waals surface area contributed by atoms with Gasteiger partial charge in [0.25, 0.3) is 0 Å². The Labute approximate surface area is 174 Å². The molecule has 2 amide bonds. The zero-order chi connectivity index (χ0) is 20.8. The van der Waals surface area contributed by atoms with E-state index in [1.165, 1.54) is 5.56 Å². The fourth-order valence-electron chi connectivity index (χ4n) is 3.22. The number of nitrogens with one attached hydrogen (secondary N) is 2. The second kappa shape index (κ2) is 9.17. The number of carbonyl (C=O) groups is 1. The Bertz CT molecular complexity index is 1110. The third-order valence-electron chi connectivity index (χ3n) is 4.79. The number of rotatable bonds is 7. The first-order valence-electron chi connectivity index (χ1n) is 9.95. The summed E-state index contributed by atoms with van der Waals surface area (Å²) in [6.45, 7) is 2.00. The summed E-state index contributed by atoms with van der Waals surface area (Å²) in [7, 11) is 0. The second-order valence-corrected chi connectivity index (χ2v) is 7.18. The van der Waals surface area contributed by atoms with Gasteiger partial charge in [0, 0.05) is 11.6 Å². The maximum Gasteiger partial charge on any atom is 0.320 e. The molecule has 1 aromatic carbocycles. The number of benzene rings is 1. The Balaban J connectivity index is 1.33. The van der Waals surface area contributed by atoms with Crippen molar-refractivity contribution >= 4 is 23.0 Å². The highest BCUT2D eigenvalue weighted by Crippen LogP contribution is 2.19. The number of anilines is 1. The Hall–Kier alpha value is -3.74. The molecule has 2 N–H and O–H groups in total. The van der Waals surface area contributed by atoms with E-state index >= 15 is 0 Å². The molecule has 1 atom stereocenters. The maximum absolute atomic E-state index is 12.3. The standard InChI is InChI=1S/C23H23N5O2/c1-16(6-5-9-17-7-3-2-4-8-17)25-23(29)28-21-11-10-19-22(27-21)26-20(14-24-19)18-12-13-30-15-18/h2-4,7-8,10-16H,5-6,9H2,1H3,(H2,25,26,27,28,29)/t16-/m1/s1. The van der Waals surface area contributed by atoms with Crippen molar-refractivity contribution in [3.8, 4) is 11.3 Å². The molecule has 0 aliphatic rings. The fourth-order valence-corrected chi connectivity index (χ4v) is 3.22. The van der Waals surface area contributed by atoms with Gasteiger partial charge in [-0.15, -0.1) is 0 Å². The number of fused-ring (bicyclic) bond motifs is 1. The van der Waals surface area contributed by atoms with Crippen LogP contribution in [0.1, 0.15) is 25.3 Å². The highest BCUT2D eigenvalue weighted by Gasteiger charge is 2.10. The van der Waals surface area contributed by atoms with Crippen LogP contribution in [-0.4, -0.2) is 27.0 Å². The first-order chi connectivity index (χ1) is 14.7. The van der Waals surface area contributed by atoms with E-state index in [0.29, 0.717) is 22.7 Å². The average Bonchev–Trinajstić information content (AvgIpc) is 3.29. The van der Waals surface area contributed by atoms with Crippen LogP contribution in [0.2, 0.25) is 0 Å². The zero-order valence-corrected chi connectivity index (χ0v) is 16.7. The molecule has 3 aromatic heterocycles. The largest absolute Gasteiger partial charge is 0.472 e. The molecule has 4 aromatic rings. The van der Waals surface area contributed by atoms with Gasteiger partial charge in [0.2, 0.25) is 0 Å². The summed E-state index contributed by atoms with van der Waals surface area (Å²) < 4.78 is 5.09. The van der Waals surface area contributed by atoms with Gasteiger partial charge < -0.3 is 9.73 Å². The first-order valence-corrected chi connectivity index (χ1v) is 9.95. The van der Waals surface area contributed by atoms with Crippen molar-refractivity contribution in [2.24, 2.45) is 0 Å². The molecule has 3 heterocycles. The molecule has 7 heteroatoms. The van der Waals surface area contributed by atoms with Crippen molar-refractivity contribution in [3.05, 3.63) is 72.8 Å². The Morgan fingerprint density at radius 2 is 1.97 bits per heavy atom. The average molecular weight is 401 g/mol. The van der Waals surface area contributed by atoms with Gasteiger partial charge in [0.05, 0.1) is 24.4 Å². The van der Waals surface area contributed by atoms with E-state index in [1.54, 1.807) is 30.9 Å². The highest BCUT2D eigenvalue weighted by atomic mass is 16.3. The van der Waals surface area contributed by atoms with Gasteiger partial charge in [0.1, 0.15) is 11.3 Å². The van der Waals surface area contributed by atoms with Crippen LogP contribution in [0.25, 0.3) is 22.4 Å². The minimum atomic E-state index is -0.284. The number of nitrogens with zero attached hydrogens (tertiary/aromatic N) is 3. The van der Waals surface area contributed by atoms with Crippen LogP contribution < -0.4 is 10.6 Å². The van der Waals surface area contributed by atoms with Crippen LogP contribution in [-0.2, 0) is 6.42 Å². The maximum atomic E-state index is 12.3. The number of aromatic nitrogens is 3. The summed E-state index contributed by atoms with van der Waals surface area (Å²) >= 11 is 0. The SMILES string of the molecule is C[C@H](CCCc1ccccc1)NC(=O)Nc1ccc2ncc(-c3ccoc3)nc2n1. The van der Waals surface area contributed by atoms with Crippen LogP contribution in [0.15, 0.2) is 71.7 Å². The number of aryl methyl sites for hydroxylation is 1. The third-order valence-corrected chi connectivity index (χ3v) is 4.79. The predicted molar refractivity (Wildman–Crippen MR) is 116 cm³/mol. The molecule has 0 bridgehead atoms. The van der Waals surface area contributed by atoms with E-state index in [2.05, 4.69) is 37.7 Å². The van der Waals surface area contributed by atoms with Crippen LogP contribution >= 0.6 is 0 Å². The number of carbonyl (C=O) groups excluding carboxylic acids is 1. The molecule has 7 nitrogen and oxygen atoms in total. The zero-order valence-electron chi connectivity index (χ0n) is 16.7. The number of hydrogen-bond acceptors (Lipinski definition) is 5. The third kappa shape index (κ3) is 5.00. The molecule has 0 unspecified atom stereocenters. The molecule has 0 saturated carbocycles. The van der Waals surface area contributed by atoms with E-state index in [-0.39, 0.29) is 12.1 Å². The lowest BCUT2D eigenvalue weighted by molar-refractivity contribution is 0.248. The minimum Gasteiger partial charge on any atom is -0.472 e. The molecule has 0 aliphatic carbocycles. The minimum absolute atomic E-state index is 0.0571. The van der Waals surface area contributed by atoms with Crippen molar-refractivity contribution < 1.29 is 9.21 Å². The van der Waals surface area contributed by atoms with E-state index in [0.717, 1.165) is 24.8 Å². The van der Waals surface area contributed by atoms with Crippen molar-refractivity contribution in [2.75, 3.05) is 5.32 Å². The van der Waals surface area contributed by atoms with Gasteiger partial charge in [-0.1, -0.05) is 30.3 Å². The van der Waals surface area contributed by atoms with Crippen LogP contribution in [0.4, 0.5) is 10.6 Å². The Morgan fingerprint density at radius 3 is 2.77 bits per heavy atom. The second-order valence-electron chi connectivity index (χ2n) is 7.18. The number of amides is 2. The van der Waals surface area contributed by atoms with Crippen molar-refractivity contribution in [3.63, 3.8) is 0 Å². The van der Waals surface area contributed by atoms with Crippen LogP contribution in [0.5, 0.6) is 0 Å². The fraction of sp³-hybridized carbons (Fsp3) is 0.217. The van der Waals surface area contributed by atoms with E-state index in [9.17, 15) is 4.79 Å².